The number of aryl methyl sites for hydroxylation is 3. The van der Waals surface area contributed by atoms with Crippen molar-refractivity contribution in [2.24, 2.45) is 0 Å². The molecule has 1 aliphatic carbocycles. The molecule has 1 aliphatic heterocycles. The van der Waals surface area contributed by atoms with Gasteiger partial charge in [-0.25, -0.2) is 9.97 Å². The standard InChI is InChI=1S/C18H24N6O/c1-12-6-18(21-11-20-12)24-10-15(25-2)8-14(24)9-19-17-7-13-4-3-5-16(13)22-23-17/h6-7,11,14-15H,3-5,8-10H2,1-2H3,(H,19,23)/t14-,15-/m0/s1. The fourth-order valence-corrected chi connectivity index (χ4v) is 3.75. The van der Waals surface area contributed by atoms with E-state index in [1.165, 1.54) is 12.0 Å². The summed E-state index contributed by atoms with van der Waals surface area (Å²) in [4.78, 5) is 10.9. The van der Waals surface area contributed by atoms with Crippen LogP contribution in [-0.2, 0) is 17.6 Å². The number of ether oxygens (including phenoxy) is 1. The van der Waals surface area contributed by atoms with E-state index in [1.54, 1.807) is 13.4 Å². The maximum absolute atomic E-state index is 5.60. The Hall–Kier alpha value is -2.28. The van der Waals surface area contributed by atoms with Gasteiger partial charge in [-0.05, 0) is 44.2 Å². The van der Waals surface area contributed by atoms with Crippen molar-refractivity contribution in [1.82, 2.24) is 20.2 Å². The summed E-state index contributed by atoms with van der Waals surface area (Å²) in [5, 5.41) is 12.1. The van der Waals surface area contributed by atoms with Crippen LogP contribution in [0.5, 0.6) is 0 Å². The zero-order valence-electron chi connectivity index (χ0n) is 14.8. The lowest BCUT2D eigenvalue weighted by Gasteiger charge is -2.25. The highest BCUT2D eigenvalue weighted by molar-refractivity contribution is 5.44. The molecular weight excluding hydrogens is 316 g/mol. The molecule has 25 heavy (non-hydrogen) atoms. The lowest BCUT2D eigenvalue weighted by molar-refractivity contribution is 0.118. The maximum Gasteiger partial charge on any atom is 0.149 e. The van der Waals surface area contributed by atoms with Gasteiger partial charge in [0.2, 0.25) is 0 Å². The number of nitrogens with one attached hydrogen (secondary N) is 1. The van der Waals surface area contributed by atoms with Crippen molar-refractivity contribution in [1.29, 1.82) is 0 Å². The second-order valence-electron chi connectivity index (χ2n) is 6.85. The van der Waals surface area contributed by atoms with E-state index >= 15 is 0 Å². The molecule has 0 radical (unpaired) electrons. The van der Waals surface area contributed by atoms with Crippen molar-refractivity contribution in [3.05, 3.63) is 35.4 Å². The summed E-state index contributed by atoms with van der Waals surface area (Å²) in [7, 11) is 1.77. The van der Waals surface area contributed by atoms with Gasteiger partial charge in [-0.15, -0.1) is 5.10 Å². The SMILES string of the molecule is CO[C@H]1C[C@@H](CNc2cc3c(nn2)CCC3)N(c2cc(C)ncn2)C1. The fourth-order valence-electron chi connectivity index (χ4n) is 3.75. The third kappa shape index (κ3) is 3.42. The van der Waals surface area contributed by atoms with Gasteiger partial charge < -0.3 is 15.0 Å². The number of anilines is 2. The van der Waals surface area contributed by atoms with Crippen LogP contribution >= 0.6 is 0 Å². The van der Waals surface area contributed by atoms with E-state index in [4.69, 9.17) is 4.74 Å². The van der Waals surface area contributed by atoms with Crippen molar-refractivity contribution in [3.63, 3.8) is 0 Å². The van der Waals surface area contributed by atoms with Gasteiger partial charge in [-0.1, -0.05) is 0 Å². The van der Waals surface area contributed by atoms with E-state index < -0.39 is 0 Å². The largest absolute Gasteiger partial charge is 0.380 e. The number of aromatic nitrogens is 4. The number of hydrogen-bond donors (Lipinski definition) is 1. The van der Waals surface area contributed by atoms with Crippen molar-refractivity contribution >= 4 is 11.6 Å². The fraction of sp³-hybridized carbons (Fsp3) is 0.556. The average molecular weight is 340 g/mol. The molecule has 3 heterocycles. The Balaban J connectivity index is 1.47. The molecule has 7 nitrogen and oxygen atoms in total. The van der Waals surface area contributed by atoms with Gasteiger partial charge in [0.05, 0.1) is 17.8 Å². The molecule has 0 saturated carbocycles. The van der Waals surface area contributed by atoms with E-state index in [2.05, 4.69) is 36.4 Å². The minimum atomic E-state index is 0.216. The van der Waals surface area contributed by atoms with Crippen LogP contribution in [0.2, 0.25) is 0 Å². The molecule has 1 fully saturated rings. The molecule has 2 aromatic rings. The monoisotopic (exact) mass is 340 g/mol. The van der Waals surface area contributed by atoms with Crippen molar-refractivity contribution in [2.45, 2.75) is 44.8 Å². The first-order valence-corrected chi connectivity index (χ1v) is 8.90. The summed E-state index contributed by atoms with van der Waals surface area (Å²) in [6.45, 7) is 3.62. The van der Waals surface area contributed by atoms with E-state index in [9.17, 15) is 0 Å². The molecule has 2 aliphatic rings. The number of fused-ring (bicyclic) bond motifs is 1. The van der Waals surface area contributed by atoms with Crippen molar-refractivity contribution < 1.29 is 4.74 Å². The van der Waals surface area contributed by atoms with Crippen molar-refractivity contribution in [3.8, 4) is 0 Å². The number of methoxy groups -OCH3 is 1. The van der Waals surface area contributed by atoms with E-state index in [1.807, 2.05) is 13.0 Å². The molecule has 0 aromatic carbocycles. The third-order valence-corrected chi connectivity index (χ3v) is 5.13. The zero-order valence-corrected chi connectivity index (χ0v) is 14.8. The Kier molecular flexibility index (Phi) is 4.48. The first kappa shape index (κ1) is 16.2. The quantitative estimate of drug-likeness (QED) is 0.889. The van der Waals surface area contributed by atoms with Gasteiger partial charge in [0.1, 0.15) is 18.0 Å². The van der Waals surface area contributed by atoms with Gasteiger partial charge in [-0.3, -0.25) is 0 Å². The molecule has 2 aromatic heterocycles. The van der Waals surface area contributed by atoms with E-state index in [0.717, 1.165) is 55.4 Å². The summed E-state index contributed by atoms with van der Waals surface area (Å²) in [6, 6.07) is 4.48. The highest BCUT2D eigenvalue weighted by Crippen LogP contribution is 2.26. The van der Waals surface area contributed by atoms with Crippen LogP contribution in [0.1, 0.15) is 29.8 Å². The minimum Gasteiger partial charge on any atom is -0.380 e. The number of nitrogens with zero attached hydrogens (tertiary/aromatic N) is 5. The van der Waals surface area contributed by atoms with Crippen LogP contribution in [0.15, 0.2) is 18.5 Å². The molecule has 132 valence electrons. The molecule has 0 spiro atoms. The minimum absolute atomic E-state index is 0.216. The predicted octanol–water partition coefficient (Wildman–Crippen LogP) is 1.77. The van der Waals surface area contributed by atoms with E-state index in [0.29, 0.717) is 6.04 Å². The number of hydrogen-bond acceptors (Lipinski definition) is 7. The van der Waals surface area contributed by atoms with Crippen LogP contribution in [0, 0.1) is 6.92 Å². The molecule has 4 rings (SSSR count). The van der Waals surface area contributed by atoms with Crippen LogP contribution in [0.25, 0.3) is 0 Å². The second kappa shape index (κ2) is 6.92. The van der Waals surface area contributed by atoms with Gasteiger partial charge in [0, 0.05) is 32.0 Å². The van der Waals surface area contributed by atoms with Crippen molar-refractivity contribution in [2.75, 3.05) is 30.4 Å². The average Bonchev–Trinajstić information content (AvgIpc) is 3.26. The lowest BCUT2D eigenvalue weighted by Crippen LogP contribution is -2.36. The smallest absolute Gasteiger partial charge is 0.149 e. The molecule has 0 bridgehead atoms. The summed E-state index contributed by atoms with van der Waals surface area (Å²) in [5.74, 6) is 1.82. The Bertz CT molecular complexity index is 752. The highest BCUT2D eigenvalue weighted by atomic mass is 16.5. The van der Waals surface area contributed by atoms with Crippen LogP contribution in [-0.4, -0.2) is 52.5 Å². The molecule has 1 saturated heterocycles. The molecule has 7 heteroatoms. The third-order valence-electron chi connectivity index (χ3n) is 5.13. The Morgan fingerprint density at radius 2 is 2.16 bits per heavy atom. The molecule has 2 atom stereocenters. The predicted molar refractivity (Wildman–Crippen MR) is 95.9 cm³/mol. The van der Waals surface area contributed by atoms with Gasteiger partial charge >= 0.3 is 0 Å². The van der Waals surface area contributed by atoms with Crippen LogP contribution in [0.3, 0.4) is 0 Å². The highest BCUT2D eigenvalue weighted by Gasteiger charge is 2.33. The summed E-state index contributed by atoms with van der Waals surface area (Å²) in [5.41, 5.74) is 3.47. The second-order valence-corrected chi connectivity index (χ2v) is 6.85. The first-order valence-electron chi connectivity index (χ1n) is 8.90. The van der Waals surface area contributed by atoms with Crippen LogP contribution in [0.4, 0.5) is 11.6 Å². The molecule has 0 unspecified atom stereocenters. The Morgan fingerprint density at radius 3 is 3.00 bits per heavy atom. The molecule has 0 amide bonds. The zero-order chi connectivity index (χ0) is 17.2. The van der Waals surface area contributed by atoms with Gasteiger partial charge in [-0.2, -0.15) is 5.10 Å². The molecular formula is C18H24N6O. The first-order chi connectivity index (χ1) is 12.2. The van der Waals surface area contributed by atoms with E-state index in [-0.39, 0.29) is 6.10 Å². The normalized spacial score (nSPS) is 22.2. The van der Waals surface area contributed by atoms with Gasteiger partial charge in [0.25, 0.3) is 0 Å². The maximum atomic E-state index is 5.60. The molecule has 1 N–H and O–H groups in total. The topological polar surface area (TPSA) is 76.1 Å². The Labute approximate surface area is 147 Å². The lowest BCUT2D eigenvalue weighted by atomic mass is 10.2. The summed E-state index contributed by atoms with van der Waals surface area (Å²) in [6.07, 6.45) is 6.16. The Morgan fingerprint density at radius 1 is 1.24 bits per heavy atom. The van der Waals surface area contributed by atoms with Gasteiger partial charge in [0.15, 0.2) is 0 Å². The summed E-state index contributed by atoms with van der Waals surface area (Å²) < 4.78 is 5.60. The summed E-state index contributed by atoms with van der Waals surface area (Å²) >= 11 is 0. The van der Waals surface area contributed by atoms with Crippen LogP contribution < -0.4 is 10.2 Å². The number of rotatable bonds is 5.